The summed E-state index contributed by atoms with van der Waals surface area (Å²) in [5.41, 5.74) is -1.63. The molecular weight excluding hydrogens is 272 g/mol. The number of nitro benzene ring substituents is 1. The van der Waals surface area contributed by atoms with Crippen LogP contribution in [0.2, 0.25) is 0 Å². The van der Waals surface area contributed by atoms with Gasteiger partial charge in [-0.15, -0.1) is 0 Å². The lowest BCUT2D eigenvalue weighted by Gasteiger charge is -2.16. The van der Waals surface area contributed by atoms with Gasteiger partial charge in [-0.05, 0) is 19.5 Å². The van der Waals surface area contributed by atoms with E-state index in [2.05, 4.69) is 5.32 Å². The van der Waals surface area contributed by atoms with Crippen molar-refractivity contribution in [3.05, 3.63) is 39.4 Å². The second-order valence-corrected chi connectivity index (χ2v) is 4.57. The molecule has 1 aliphatic heterocycles. The maximum Gasteiger partial charge on any atom is 0.308 e. The third kappa shape index (κ3) is 2.60. The average molecular weight is 285 g/mol. The van der Waals surface area contributed by atoms with Crippen molar-refractivity contribution in [2.75, 3.05) is 20.1 Å². The minimum atomic E-state index is -1.30. The third-order valence-electron chi connectivity index (χ3n) is 3.33. The van der Waals surface area contributed by atoms with Crippen molar-refractivity contribution in [3.8, 4) is 0 Å². The van der Waals surface area contributed by atoms with E-state index in [1.54, 1.807) is 7.05 Å². The molecule has 1 N–H and O–H groups in total. The van der Waals surface area contributed by atoms with E-state index in [0.29, 0.717) is 31.6 Å². The predicted molar refractivity (Wildman–Crippen MR) is 66.4 cm³/mol. The van der Waals surface area contributed by atoms with E-state index in [0.717, 1.165) is 0 Å². The zero-order valence-electron chi connectivity index (χ0n) is 10.7. The molecule has 0 bridgehead atoms. The second-order valence-electron chi connectivity index (χ2n) is 4.57. The minimum absolute atomic E-state index is 0.0885. The highest BCUT2D eigenvalue weighted by molar-refractivity contribution is 5.95. The molecule has 0 aliphatic carbocycles. The number of nitrogens with one attached hydrogen (secondary N) is 1. The summed E-state index contributed by atoms with van der Waals surface area (Å²) in [5, 5.41) is 13.6. The summed E-state index contributed by atoms with van der Waals surface area (Å²) in [6.45, 7) is 0.757. The molecule has 8 heteroatoms. The van der Waals surface area contributed by atoms with Gasteiger partial charge in [-0.1, -0.05) is 0 Å². The van der Waals surface area contributed by atoms with Crippen molar-refractivity contribution >= 4 is 11.6 Å². The highest BCUT2D eigenvalue weighted by Gasteiger charge is 2.31. The van der Waals surface area contributed by atoms with E-state index in [1.807, 2.05) is 0 Å². The van der Waals surface area contributed by atoms with Crippen LogP contribution in [0, 0.1) is 21.7 Å². The highest BCUT2D eigenvalue weighted by Crippen LogP contribution is 2.24. The number of nitro groups is 1. The first kappa shape index (κ1) is 14.3. The molecule has 1 aromatic carbocycles. The number of likely N-dealkylation sites (tertiary alicyclic amines) is 1. The second kappa shape index (κ2) is 5.49. The van der Waals surface area contributed by atoms with Crippen molar-refractivity contribution in [1.29, 1.82) is 0 Å². The van der Waals surface area contributed by atoms with Crippen LogP contribution in [0.5, 0.6) is 0 Å². The van der Waals surface area contributed by atoms with E-state index in [4.69, 9.17) is 0 Å². The zero-order chi connectivity index (χ0) is 14.9. The quantitative estimate of drug-likeness (QED) is 0.671. The van der Waals surface area contributed by atoms with Crippen LogP contribution in [0.1, 0.15) is 16.8 Å². The van der Waals surface area contributed by atoms with Gasteiger partial charge in [-0.2, -0.15) is 4.39 Å². The van der Waals surface area contributed by atoms with Crippen molar-refractivity contribution in [2.24, 2.45) is 0 Å². The van der Waals surface area contributed by atoms with Gasteiger partial charge in [0.05, 0.1) is 16.6 Å². The summed E-state index contributed by atoms with van der Waals surface area (Å²) in [6.07, 6.45) is 0.696. The number of benzene rings is 1. The summed E-state index contributed by atoms with van der Waals surface area (Å²) in [5.74, 6) is -3.04. The molecule has 6 nitrogen and oxygen atoms in total. The fourth-order valence-electron chi connectivity index (χ4n) is 2.21. The summed E-state index contributed by atoms with van der Waals surface area (Å²) in [7, 11) is 1.74. The Morgan fingerprint density at radius 2 is 2.20 bits per heavy atom. The molecule has 0 radical (unpaired) electrons. The molecule has 1 aromatic rings. The van der Waals surface area contributed by atoms with Crippen LogP contribution in [0.25, 0.3) is 0 Å². The number of amides is 1. The smallest absolute Gasteiger partial charge is 0.308 e. The molecule has 1 atom stereocenters. The van der Waals surface area contributed by atoms with Gasteiger partial charge < -0.3 is 10.2 Å². The van der Waals surface area contributed by atoms with Gasteiger partial charge in [0.15, 0.2) is 0 Å². The maximum absolute atomic E-state index is 13.9. The number of hydrogen-bond donors (Lipinski definition) is 1. The van der Waals surface area contributed by atoms with Gasteiger partial charge in [0.1, 0.15) is 5.82 Å². The molecule has 1 saturated heterocycles. The molecule has 108 valence electrons. The molecule has 1 heterocycles. The zero-order valence-corrected chi connectivity index (χ0v) is 10.7. The first-order valence-corrected chi connectivity index (χ1v) is 6.04. The Hall–Kier alpha value is -2.09. The van der Waals surface area contributed by atoms with Crippen LogP contribution >= 0.6 is 0 Å². The Bertz CT molecular complexity index is 565. The van der Waals surface area contributed by atoms with Crippen molar-refractivity contribution < 1.29 is 18.5 Å². The maximum atomic E-state index is 13.9. The van der Waals surface area contributed by atoms with Crippen LogP contribution in [0.3, 0.4) is 0 Å². The first-order valence-electron chi connectivity index (χ1n) is 6.04. The van der Waals surface area contributed by atoms with E-state index in [1.165, 1.54) is 4.90 Å². The number of carbonyl (C=O) groups is 1. The molecular formula is C12H13F2N3O3. The Labute approximate surface area is 113 Å². The van der Waals surface area contributed by atoms with Crippen LogP contribution < -0.4 is 5.32 Å². The van der Waals surface area contributed by atoms with E-state index in [-0.39, 0.29) is 6.04 Å². The largest absolute Gasteiger partial charge is 0.337 e. The van der Waals surface area contributed by atoms with Gasteiger partial charge in [-0.25, -0.2) is 4.39 Å². The number of likely N-dealkylation sites (N-methyl/N-ethyl adjacent to an activating group) is 1. The normalized spacial score (nSPS) is 18.4. The van der Waals surface area contributed by atoms with Crippen molar-refractivity contribution in [2.45, 2.75) is 12.5 Å². The van der Waals surface area contributed by atoms with Crippen molar-refractivity contribution in [1.82, 2.24) is 10.2 Å². The molecule has 1 fully saturated rings. The number of rotatable bonds is 3. The average Bonchev–Trinajstić information content (AvgIpc) is 2.88. The SMILES string of the molecule is CNC1CCN(C(=O)c2cc(F)cc([N+](=O)[O-])c2F)C1. The molecule has 1 aliphatic rings. The first-order chi connectivity index (χ1) is 9.43. The molecule has 1 unspecified atom stereocenters. The van der Waals surface area contributed by atoms with Crippen LogP contribution in [-0.4, -0.2) is 41.9 Å². The standard InChI is InChI=1S/C12H13F2N3O3/c1-15-8-2-3-16(6-8)12(18)9-4-7(13)5-10(11(9)14)17(19)20/h4-5,8,15H,2-3,6H2,1H3. The number of nitrogens with zero attached hydrogens (tertiary/aromatic N) is 2. The van der Waals surface area contributed by atoms with Crippen molar-refractivity contribution in [3.63, 3.8) is 0 Å². The van der Waals surface area contributed by atoms with Gasteiger partial charge in [0.25, 0.3) is 5.91 Å². The summed E-state index contributed by atoms with van der Waals surface area (Å²) >= 11 is 0. The highest BCUT2D eigenvalue weighted by atomic mass is 19.1. The molecule has 1 amide bonds. The fourth-order valence-corrected chi connectivity index (χ4v) is 2.21. The van der Waals surface area contributed by atoms with E-state index < -0.39 is 33.7 Å². The topological polar surface area (TPSA) is 75.5 Å². The lowest BCUT2D eigenvalue weighted by atomic mass is 10.1. The lowest BCUT2D eigenvalue weighted by molar-refractivity contribution is -0.387. The van der Waals surface area contributed by atoms with Crippen LogP contribution in [0.4, 0.5) is 14.5 Å². The molecule has 2 rings (SSSR count). The molecule has 0 spiro atoms. The summed E-state index contributed by atoms with van der Waals surface area (Å²) in [4.78, 5) is 23.1. The third-order valence-corrected chi connectivity index (χ3v) is 3.33. The van der Waals surface area contributed by atoms with Gasteiger partial charge in [-0.3, -0.25) is 14.9 Å². The van der Waals surface area contributed by atoms with Gasteiger partial charge in [0.2, 0.25) is 5.82 Å². The van der Waals surface area contributed by atoms with E-state index in [9.17, 15) is 23.7 Å². The Balaban J connectivity index is 2.33. The van der Waals surface area contributed by atoms with Crippen LogP contribution in [0.15, 0.2) is 12.1 Å². The van der Waals surface area contributed by atoms with Crippen LogP contribution in [-0.2, 0) is 0 Å². The molecule has 0 saturated carbocycles. The fraction of sp³-hybridized carbons (Fsp3) is 0.417. The van der Waals surface area contributed by atoms with Gasteiger partial charge >= 0.3 is 5.69 Å². The molecule has 0 aromatic heterocycles. The predicted octanol–water partition coefficient (Wildman–Crippen LogP) is 1.31. The lowest BCUT2D eigenvalue weighted by Crippen LogP contribution is -2.34. The minimum Gasteiger partial charge on any atom is -0.337 e. The number of halogens is 2. The number of carbonyl (C=O) groups excluding carboxylic acids is 1. The Kier molecular flexibility index (Phi) is 3.93. The monoisotopic (exact) mass is 285 g/mol. The Morgan fingerprint density at radius 1 is 1.50 bits per heavy atom. The van der Waals surface area contributed by atoms with E-state index >= 15 is 0 Å². The Morgan fingerprint density at radius 3 is 2.75 bits per heavy atom. The summed E-state index contributed by atoms with van der Waals surface area (Å²) < 4.78 is 27.2. The molecule has 20 heavy (non-hydrogen) atoms. The summed E-state index contributed by atoms with van der Waals surface area (Å²) in [6, 6.07) is 1.25. The number of hydrogen-bond acceptors (Lipinski definition) is 4. The van der Waals surface area contributed by atoms with Gasteiger partial charge in [0, 0.05) is 19.1 Å².